The summed E-state index contributed by atoms with van der Waals surface area (Å²) in [5.74, 6) is 0. The lowest BCUT2D eigenvalue weighted by molar-refractivity contribution is -0.110. The highest BCUT2D eigenvalue weighted by molar-refractivity contribution is 7.16. The van der Waals surface area contributed by atoms with E-state index in [1.54, 1.807) is 29.9 Å². The SMILES string of the molecule is CC(O)C(C)(O)Cn1cc(CN2CC[C@@]3(C[C@H]2C)OCCc2cc(Cl)sc23)nn1. The van der Waals surface area contributed by atoms with Gasteiger partial charge in [-0.3, -0.25) is 4.90 Å². The fraction of sp³-hybridized carbons (Fsp3) is 0.700. The van der Waals surface area contributed by atoms with Crippen LogP contribution in [0.25, 0.3) is 0 Å². The van der Waals surface area contributed by atoms with Crippen molar-refractivity contribution in [2.24, 2.45) is 0 Å². The lowest BCUT2D eigenvalue weighted by Gasteiger charge is -2.46. The van der Waals surface area contributed by atoms with Crippen molar-refractivity contribution in [1.29, 1.82) is 0 Å². The van der Waals surface area contributed by atoms with Crippen LogP contribution in [0.2, 0.25) is 4.34 Å². The van der Waals surface area contributed by atoms with Crippen LogP contribution in [0.15, 0.2) is 12.3 Å². The highest BCUT2D eigenvalue weighted by Crippen LogP contribution is 2.48. The number of aromatic nitrogens is 3. The first-order chi connectivity index (χ1) is 13.7. The number of likely N-dealkylation sites (tertiary alicyclic amines) is 1. The van der Waals surface area contributed by atoms with Crippen molar-refractivity contribution in [3.63, 3.8) is 0 Å². The van der Waals surface area contributed by atoms with Gasteiger partial charge in [-0.1, -0.05) is 16.8 Å². The summed E-state index contributed by atoms with van der Waals surface area (Å²) in [6.07, 6.45) is 3.81. The summed E-state index contributed by atoms with van der Waals surface area (Å²) >= 11 is 7.96. The smallest absolute Gasteiger partial charge is 0.107 e. The summed E-state index contributed by atoms with van der Waals surface area (Å²) in [6.45, 7) is 7.97. The van der Waals surface area contributed by atoms with Crippen molar-refractivity contribution in [2.75, 3.05) is 13.2 Å². The van der Waals surface area contributed by atoms with Gasteiger partial charge in [0, 0.05) is 30.2 Å². The van der Waals surface area contributed by atoms with E-state index < -0.39 is 11.7 Å². The predicted molar refractivity (Wildman–Crippen MR) is 112 cm³/mol. The molecule has 9 heteroatoms. The number of aliphatic hydroxyl groups is 2. The van der Waals surface area contributed by atoms with Gasteiger partial charge in [-0.15, -0.1) is 16.4 Å². The Hall–Kier alpha value is -1.03. The first-order valence-corrected chi connectivity index (χ1v) is 11.3. The van der Waals surface area contributed by atoms with Crippen LogP contribution in [0.4, 0.5) is 0 Å². The standard InChI is InChI=1S/C20H29ClN4O3S/c1-13-9-20(18-15(4-7-28-20)8-17(21)29-18)5-6-24(13)10-16-11-25(23-22-16)12-19(3,27)14(2)26/h8,11,13-14,26-27H,4-7,9-10,12H2,1-3H3/t13-,14?,19?,20+/m1/s1. The number of hydrogen-bond acceptors (Lipinski definition) is 7. The van der Waals surface area contributed by atoms with E-state index in [0.717, 1.165) is 42.4 Å². The molecule has 2 aliphatic heterocycles. The van der Waals surface area contributed by atoms with Gasteiger partial charge in [-0.2, -0.15) is 0 Å². The van der Waals surface area contributed by atoms with E-state index in [2.05, 4.69) is 28.2 Å². The zero-order valence-electron chi connectivity index (χ0n) is 17.1. The van der Waals surface area contributed by atoms with Crippen LogP contribution in [-0.2, 0) is 29.8 Å². The van der Waals surface area contributed by atoms with Crippen LogP contribution in [0.3, 0.4) is 0 Å². The Labute approximate surface area is 180 Å². The van der Waals surface area contributed by atoms with Gasteiger partial charge in [0.05, 0.1) is 29.3 Å². The molecule has 2 aromatic heterocycles. The topological polar surface area (TPSA) is 83.6 Å². The van der Waals surface area contributed by atoms with Crippen molar-refractivity contribution < 1.29 is 14.9 Å². The lowest BCUT2D eigenvalue weighted by Crippen LogP contribution is -2.50. The summed E-state index contributed by atoms with van der Waals surface area (Å²) in [5.41, 5.74) is 0.751. The van der Waals surface area contributed by atoms with Crippen LogP contribution in [0.1, 0.15) is 49.7 Å². The molecule has 0 aliphatic carbocycles. The molecule has 4 rings (SSSR count). The molecular weight excluding hydrogens is 412 g/mol. The van der Waals surface area contributed by atoms with Gasteiger partial charge < -0.3 is 14.9 Å². The number of hydrogen-bond donors (Lipinski definition) is 2. The molecule has 1 spiro atoms. The molecule has 0 saturated carbocycles. The van der Waals surface area contributed by atoms with Crippen molar-refractivity contribution >= 4 is 22.9 Å². The van der Waals surface area contributed by atoms with Crippen molar-refractivity contribution in [1.82, 2.24) is 19.9 Å². The van der Waals surface area contributed by atoms with E-state index in [9.17, 15) is 10.2 Å². The van der Waals surface area contributed by atoms with E-state index in [4.69, 9.17) is 16.3 Å². The molecule has 2 aliphatic rings. The second-order valence-electron chi connectivity index (χ2n) is 8.71. The molecule has 2 unspecified atom stereocenters. The third-order valence-electron chi connectivity index (χ3n) is 6.33. The summed E-state index contributed by atoms with van der Waals surface area (Å²) in [5, 5.41) is 28.4. The molecule has 2 aromatic rings. The Kier molecular flexibility index (Phi) is 5.78. The van der Waals surface area contributed by atoms with E-state index >= 15 is 0 Å². The predicted octanol–water partition coefficient (Wildman–Crippen LogP) is 2.58. The number of halogens is 1. The van der Waals surface area contributed by atoms with Gasteiger partial charge >= 0.3 is 0 Å². The van der Waals surface area contributed by atoms with E-state index in [1.165, 1.54) is 10.4 Å². The second kappa shape index (κ2) is 7.90. The van der Waals surface area contributed by atoms with Gasteiger partial charge in [-0.05, 0) is 51.7 Å². The molecule has 0 bridgehead atoms. The first kappa shape index (κ1) is 21.2. The fourth-order valence-electron chi connectivity index (χ4n) is 4.37. The molecule has 1 saturated heterocycles. The maximum Gasteiger partial charge on any atom is 0.107 e. The van der Waals surface area contributed by atoms with Crippen LogP contribution in [0, 0.1) is 0 Å². The minimum atomic E-state index is -1.24. The first-order valence-electron chi connectivity index (χ1n) is 10.1. The van der Waals surface area contributed by atoms with E-state index in [-0.39, 0.29) is 12.1 Å². The Morgan fingerprint density at radius 3 is 3.03 bits per heavy atom. The Balaban J connectivity index is 1.42. The quantitative estimate of drug-likeness (QED) is 0.743. The maximum atomic E-state index is 10.3. The molecule has 1 fully saturated rings. The van der Waals surface area contributed by atoms with Gasteiger partial charge in [-0.25, -0.2) is 4.68 Å². The number of nitrogens with zero attached hydrogens (tertiary/aromatic N) is 4. The molecule has 0 aromatic carbocycles. The average Bonchev–Trinajstić information content (AvgIpc) is 3.23. The zero-order valence-corrected chi connectivity index (χ0v) is 18.7. The second-order valence-corrected chi connectivity index (χ2v) is 10.4. The average molecular weight is 441 g/mol. The third-order valence-corrected chi connectivity index (χ3v) is 7.82. The minimum absolute atomic E-state index is 0.200. The molecule has 29 heavy (non-hydrogen) atoms. The molecule has 4 atom stereocenters. The number of fused-ring (bicyclic) bond motifs is 2. The highest BCUT2D eigenvalue weighted by atomic mass is 35.5. The fourth-order valence-corrected chi connectivity index (χ4v) is 5.85. The molecule has 160 valence electrons. The minimum Gasteiger partial charge on any atom is -0.390 e. The number of piperidine rings is 1. The summed E-state index contributed by atoms with van der Waals surface area (Å²) in [6, 6.07) is 2.44. The van der Waals surface area contributed by atoms with Crippen LogP contribution in [0.5, 0.6) is 0 Å². The van der Waals surface area contributed by atoms with E-state index in [0.29, 0.717) is 12.6 Å². The molecule has 0 amide bonds. The maximum absolute atomic E-state index is 10.3. The summed E-state index contributed by atoms with van der Waals surface area (Å²) in [4.78, 5) is 3.71. The largest absolute Gasteiger partial charge is 0.390 e. The van der Waals surface area contributed by atoms with Gasteiger partial charge in [0.25, 0.3) is 0 Å². The third kappa shape index (κ3) is 4.24. The Bertz CT molecular complexity index is 868. The molecule has 2 N–H and O–H groups in total. The van der Waals surface area contributed by atoms with Gasteiger partial charge in [0.1, 0.15) is 11.2 Å². The molecule has 4 heterocycles. The summed E-state index contributed by atoms with van der Waals surface area (Å²) in [7, 11) is 0. The lowest BCUT2D eigenvalue weighted by atomic mass is 9.82. The number of ether oxygens (including phenoxy) is 1. The van der Waals surface area contributed by atoms with Crippen molar-refractivity contribution in [3.05, 3.63) is 32.7 Å². The monoisotopic (exact) mass is 440 g/mol. The van der Waals surface area contributed by atoms with Crippen LogP contribution < -0.4 is 0 Å². The zero-order chi connectivity index (χ0) is 20.8. The Morgan fingerprint density at radius 2 is 2.31 bits per heavy atom. The van der Waals surface area contributed by atoms with Crippen LogP contribution in [-0.4, -0.2) is 61.0 Å². The van der Waals surface area contributed by atoms with Crippen molar-refractivity contribution in [2.45, 2.75) is 76.5 Å². The van der Waals surface area contributed by atoms with Gasteiger partial charge in [0.15, 0.2) is 0 Å². The normalized spacial score (nSPS) is 28.3. The molecule has 7 nitrogen and oxygen atoms in total. The van der Waals surface area contributed by atoms with E-state index in [1.807, 2.05) is 6.20 Å². The van der Waals surface area contributed by atoms with Gasteiger partial charge in [0.2, 0.25) is 0 Å². The molecular formula is C20H29ClN4O3S. The summed E-state index contributed by atoms with van der Waals surface area (Å²) < 4.78 is 8.78. The van der Waals surface area contributed by atoms with Crippen molar-refractivity contribution in [3.8, 4) is 0 Å². The molecule has 0 radical (unpaired) electrons. The number of rotatable bonds is 5. The van der Waals surface area contributed by atoms with Crippen LogP contribution >= 0.6 is 22.9 Å². The number of thiophene rings is 1. The Morgan fingerprint density at radius 1 is 1.52 bits per heavy atom. The highest BCUT2D eigenvalue weighted by Gasteiger charge is 2.45. The number of aliphatic hydroxyl groups excluding tert-OH is 1.